The topological polar surface area (TPSA) is 64.3 Å². The monoisotopic (exact) mass is 367 g/mol. The average molecular weight is 367 g/mol. The Morgan fingerprint density at radius 1 is 1.26 bits per heavy atom. The van der Waals surface area contributed by atoms with Crippen LogP contribution >= 0.6 is 0 Å². The van der Waals surface area contributed by atoms with Crippen molar-refractivity contribution in [3.8, 4) is 0 Å². The number of aromatic amines is 1. The molecule has 2 aromatic heterocycles. The number of nitrogens with one attached hydrogen (secondary N) is 2. The first-order valence-corrected chi connectivity index (χ1v) is 9.09. The van der Waals surface area contributed by atoms with Gasteiger partial charge in [0.25, 0.3) is 0 Å². The van der Waals surface area contributed by atoms with Gasteiger partial charge in [-0.2, -0.15) is 0 Å². The lowest BCUT2D eigenvalue weighted by Crippen LogP contribution is -2.54. The van der Waals surface area contributed by atoms with Crippen molar-refractivity contribution in [2.75, 3.05) is 48.0 Å². The number of benzene rings is 1. The summed E-state index contributed by atoms with van der Waals surface area (Å²) in [6.45, 7) is 1.74. The number of halogens is 1. The van der Waals surface area contributed by atoms with Crippen LogP contribution in [-0.2, 0) is 4.79 Å². The van der Waals surface area contributed by atoms with E-state index in [-0.39, 0.29) is 12.6 Å². The third-order valence-corrected chi connectivity index (χ3v) is 4.90. The van der Waals surface area contributed by atoms with Gasteiger partial charge in [0.15, 0.2) is 5.82 Å². The Bertz CT molecular complexity index is 894. The minimum atomic E-state index is -0.445. The fraction of sp³-hybridized carbons (Fsp3) is 0.300. The molecule has 0 bridgehead atoms. The van der Waals surface area contributed by atoms with Crippen LogP contribution in [0, 0.1) is 0 Å². The molecule has 1 unspecified atom stereocenters. The van der Waals surface area contributed by atoms with E-state index in [1.54, 1.807) is 6.20 Å². The lowest BCUT2D eigenvalue weighted by atomic mass is 10.1. The fourth-order valence-electron chi connectivity index (χ4n) is 3.60. The third-order valence-electron chi connectivity index (χ3n) is 4.90. The van der Waals surface area contributed by atoms with Crippen molar-refractivity contribution in [2.45, 2.75) is 6.04 Å². The van der Waals surface area contributed by atoms with Gasteiger partial charge in [-0.3, -0.25) is 0 Å². The molecule has 27 heavy (non-hydrogen) atoms. The summed E-state index contributed by atoms with van der Waals surface area (Å²) < 4.78 is 12.5. The number of nitrogens with zero attached hydrogens (tertiary/aromatic N) is 3. The van der Waals surface area contributed by atoms with Crippen molar-refractivity contribution in [3.05, 3.63) is 48.7 Å². The molecule has 1 saturated heterocycles. The Morgan fingerprint density at radius 3 is 2.96 bits per heavy atom. The zero-order valence-electron chi connectivity index (χ0n) is 14.9. The quantitative estimate of drug-likeness (QED) is 0.656. The molecule has 6 nitrogen and oxygen atoms in total. The Hall–Kier alpha value is -3.09. The highest BCUT2D eigenvalue weighted by molar-refractivity contribution is 5.85. The summed E-state index contributed by atoms with van der Waals surface area (Å²) in [5, 5.41) is 4.19. The Kier molecular flexibility index (Phi) is 4.91. The summed E-state index contributed by atoms with van der Waals surface area (Å²) in [5.41, 5.74) is 1.85. The van der Waals surface area contributed by atoms with Gasteiger partial charge in [-0.1, -0.05) is 18.2 Å². The van der Waals surface area contributed by atoms with Crippen molar-refractivity contribution in [3.63, 3.8) is 0 Å². The van der Waals surface area contributed by atoms with Crippen LogP contribution in [0.4, 0.5) is 21.7 Å². The molecule has 4 rings (SSSR count). The third kappa shape index (κ3) is 3.45. The number of piperazine rings is 1. The van der Waals surface area contributed by atoms with Crippen LogP contribution < -0.4 is 15.1 Å². The van der Waals surface area contributed by atoms with Crippen molar-refractivity contribution in [2.24, 2.45) is 0 Å². The van der Waals surface area contributed by atoms with E-state index < -0.39 is 6.67 Å². The van der Waals surface area contributed by atoms with E-state index in [2.05, 4.69) is 37.2 Å². The molecule has 7 heteroatoms. The smallest absolute Gasteiger partial charge is 0.152 e. The number of para-hydroxylation sites is 1. The molecule has 0 amide bonds. The van der Waals surface area contributed by atoms with Crippen molar-refractivity contribution < 1.29 is 9.18 Å². The van der Waals surface area contributed by atoms with Crippen LogP contribution in [-0.4, -0.2) is 55.1 Å². The molecule has 1 fully saturated rings. The van der Waals surface area contributed by atoms with E-state index >= 15 is 0 Å². The predicted octanol–water partition coefficient (Wildman–Crippen LogP) is 2.84. The van der Waals surface area contributed by atoms with Gasteiger partial charge in [0.05, 0.1) is 5.69 Å². The van der Waals surface area contributed by atoms with Gasteiger partial charge in [-0.15, -0.1) is 0 Å². The molecule has 0 aliphatic carbocycles. The van der Waals surface area contributed by atoms with Crippen LogP contribution in [0.1, 0.15) is 0 Å². The Balaban J connectivity index is 1.56. The van der Waals surface area contributed by atoms with Crippen molar-refractivity contribution >= 4 is 34.5 Å². The van der Waals surface area contributed by atoms with E-state index in [0.717, 1.165) is 41.1 Å². The van der Waals surface area contributed by atoms with Crippen molar-refractivity contribution in [1.82, 2.24) is 9.97 Å². The number of aldehydes is 1. The molecule has 1 aliphatic rings. The summed E-state index contributed by atoms with van der Waals surface area (Å²) in [7, 11) is 0. The summed E-state index contributed by atoms with van der Waals surface area (Å²) in [6, 6.07) is 13.6. The second-order valence-electron chi connectivity index (χ2n) is 6.57. The van der Waals surface area contributed by atoms with Gasteiger partial charge in [-0.25, -0.2) is 9.37 Å². The molecule has 1 atom stereocenters. The Morgan fingerprint density at radius 2 is 2.15 bits per heavy atom. The first-order valence-electron chi connectivity index (χ1n) is 9.09. The molecule has 0 radical (unpaired) electrons. The molecule has 1 aliphatic heterocycles. The number of hydrogen-bond donors (Lipinski definition) is 2. The molecule has 1 aromatic carbocycles. The van der Waals surface area contributed by atoms with E-state index in [9.17, 15) is 9.18 Å². The number of alkyl halides is 1. The van der Waals surface area contributed by atoms with Crippen LogP contribution in [0.15, 0.2) is 48.7 Å². The number of anilines is 3. The molecule has 3 heterocycles. The summed E-state index contributed by atoms with van der Waals surface area (Å²) >= 11 is 0. The fourth-order valence-corrected chi connectivity index (χ4v) is 3.60. The number of rotatable bonds is 6. The summed E-state index contributed by atoms with van der Waals surface area (Å²) in [6.07, 6.45) is 2.70. The first kappa shape index (κ1) is 17.3. The standard InChI is InChI=1S/C20H22FN5O/c21-7-9-22-18-6-3-8-23-20(18)25-10-11-26(16(13-25)14-27)19-12-15-4-1-2-5-17(15)24-19/h1-6,8,12,14,16,22,24H,7,9-11,13H2. The zero-order chi connectivity index (χ0) is 18.6. The molecule has 2 N–H and O–H groups in total. The maximum absolute atomic E-state index is 12.5. The van der Waals surface area contributed by atoms with E-state index in [1.165, 1.54) is 0 Å². The lowest BCUT2D eigenvalue weighted by Gasteiger charge is -2.40. The predicted molar refractivity (Wildman–Crippen MR) is 106 cm³/mol. The molecule has 0 saturated carbocycles. The number of aromatic nitrogens is 2. The number of carbonyl (C=O) groups is 1. The van der Waals surface area contributed by atoms with Crippen molar-refractivity contribution in [1.29, 1.82) is 0 Å². The minimum Gasteiger partial charge on any atom is -0.379 e. The van der Waals surface area contributed by atoms with Gasteiger partial charge in [0, 0.05) is 43.3 Å². The highest BCUT2D eigenvalue weighted by atomic mass is 19.1. The van der Waals surface area contributed by atoms with Gasteiger partial charge in [0.1, 0.15) is 24.8 Å². The SMILES string of the molecule is O=CC1CN(c2ncccc2NCCF)CCN1c1cc2ccccc2[nH]1. The van der Waals surface area contributed by atoms with Crippen LogP contribution in [0.5, 0.6) is 0 Å². The second-order valence-corrected chi connectivity index (χ2v) is 6.57. The molecule has 3 aromatic rings. The molecular formula is C20H22FN5O. The maximum Gasteiger partial charge on any atom is 0.152 e. The van der Waals surface area contributed by atoms with Crippen LogP contribution in [0.3, 0.4) is 0 Å². The van der Waals surface area contributed by atoms with E-state index in [1.807, 2.05) is 30.3 Å². The van der Waals surface area contributed by atoms with Gasteiger partial charge >= 0.3 is 0 Å². The van der Waals surface area contributed by atoms with E-state index in [0.29, 0.717) is 13.1 Å². The second kappa shape index (κ2) is 7.65. The maximum atomic E-state index is 12.5. The van der Waals surface area contributed by atoms with Crippen LogP contribution in [0.2, 0.25) is 0 Å². The number of fused-ring (bicyclic) bond motifs is 1. The summed E-state index contributed by atoms with van der Waals surface area (Å²) in [5.74, 6) is 1.71. The average Bonchev–Trinajstić information content (AvgIpc) is 3.16. The number of hydrogen-bond acceptors (Lipinski definition) is 5. The highest BCUT2D eigenvalue weighted by Crippen LogP contribution is 2.28. The number of H-pyrrole nitrogens is 1. The van der Waals surface area contributed by atoms with Gasteiger partial charge < -0.3 is 24.9 Å². The molecular weight excluding hydrogens is 345 g/mol. The number of pyridine rings is 1. The van der Waals surface area contributed by atoms with E-state index in [4.69, 9.17) is 0 Å². The molecule has 140 valence electrons. The van der Waals surface area contributed by atoms with Gasteiger partial charge in [-0.05, 0) is 24.3 Å². The minimum absolute atomic E-state index is 0.241. The molecule has 0 spiro atoms. The first-order chi connectivity index (χ1) is 13.3. The lowest BCUT2D eigenvalue weighted by molar-refractivity contribution is -0.109. The normalized spacial score (nSPS) is 17.3. The number of carbonyl (C=O) groups excluding carboxylic acids is 1. The van der Waals surface area contributed by atoms with Crippen LogP contribution in [0.25, 0.3) is 10.9 Å². The highest BCUT2D eigenvalue weighted by Gasteiger charge is 2.29. The zero-order valence-corrected chi connectivity index (χ0v) is 14.9. The summed E-state index contributed by atoms with van der Waals surface area (Å²) in [4.78, 5) is 23.9. The largest absolute Gasteiger partial charge is 0.379 e. The van der Waals surface area contributed by atoms with Gasteiger partial charge in [0.2, 0.25) is 0 Å². The Labute approximate surface area is 157 Å².